The van der Waals surface area contributed by atoms with Crippen LogP contribution in [0.2, 0.25) is 5.02 Å². The minimum absolute atomic E-state index is 0.0457. The van der Waals surface area contributed by atoms with Crippen LogP contribution in [0.15, 0.2) is 54.7 Å². The van der Waals surface area contributed by atoms with Crippen molar-refractivity contribution in [2.45, 2.75) is 32.9 Å². The molecule has 1 saturated heterocycles. The molecule has 1 aliphatic heterocycles. The number of benzene rings is 2. The predicted octanol–water partition coefficient (Wildman–Crippen LogP) is 4.27. The summed E-state index contributed by atoms with van der Waals surface area (Å²) in [5.41, 5.74) is 4.04. The minimum Gasteiger partial charge on any atom is -0.379 e. The normalized spacial score (nSPS) is 14.5. The molecule has 1 aliphatic rings. The van der Waals surface area contributed by atoms with E-state index in [1.807, 2.05) is 48.9 Å². The van der Waals surface area contributed by atoms with E-state index in [0.29, 0.717) is 5.02 Å². The molecule has 3 aromatic rings. The van der Waals surface area contributed by atoms with Gasteiger partial charge in [-0.2, -0.15) is 0 Å². The van der Waals surface area contributed by atoms with Crippen molar-refractivity contribution in [2.75, 3.05) is 32.8 Å². The van der Waals surface area contributed by atoms with Gasteiger partial charge < -0.3 is 14.6 Å². The van der Waals surface area contributed by atoms with Crippen LogP contribution < -0.4 is 5.32 Å². The molecular weight excluding hydrogens is 436 g/mol. The number of rotatable bonds is 8. The molecule has 7 heteroatoms. The zero-order valence-corrected chi connectivity index (χ0v) is 20.0. The van der Waals surface area contributed by atoms with Gasteiger partial charge in [0.05, 0.1) is 18.9 Å². The molecule has 0 radical (unpaired) electrons. The van der Waals surface area contributed by atoms with Crippen molar-refractivity contribution in [3.63, 3.8) is 0 Å². The molecule has 0 spiro atoms. The summed E-state index contributed by atoms with van der Waals surface area (Å²) in [5, 5.41) is 3.59. The van der Waals surface area contributed by atoms with Crippen LogP contribution in [0.25, 0.3) is 22.6 Å². The molecule has 0 bridgehead atoms. The summed E-state index contributed by atoms with van der Waals surface area (Å²) in [4.78, 5) is 19.8. The highest BCUT2D eigenvalue weighted by Gasteiger charge is 2.15. The van der Waals surface area contributed by atoms with E-state index in [2.05, 4.69) is 34.5 Å². The Morgan fingerprint density at radius 3 is 2.58 bits per heavy atom. The summed E-state index contributed by atoms with van der Waals surface area (Å²) < 4.78 is 7.32. The van der Waals surface area contributed by atoms with Crippen molar-refractivity contribution in [1.29, 1.82) is 0 Å². The lowest BCUT2D eigenvalue weighted by Gasteiger charge is -2.26. The zero-order chi connectivity index (χ0) is 23.2. The fraction of sp³-hybridized carbons (Fsp3) is 0.385. The third-order valence-corrected chi connectivity index (χ3v) is 5.93. The first-order chi connectivity index (χ1) is 16.0. The van der Waals surface area contributed by atoms with Gasteiger partial charge in [-0.1, -0.05) is 48.0 Å². The number of hydrogen-bond acceptors (Lipinski definition) is 4. The third-order valence-electron chi connectivity index (χ3n) is 5.69. The van der Waals surface area contributed by atoms with Crippen LogP contribution in [-0.4, -0.2) is 59.2 Å². The molecule has 0 atom stereocenters. The van der Waals surface area contributed by atoms with Gasteiger partial charge in [0.15, 0.2) is 0 Å². The van der Waals surface area contributed by atoms with E-state index in [0.717, 1.165) is 61.9 Å². The second-order valence-electron chi connectivity index (χ2n) is 8.71. The van der Waals surface area contributed by atoms with Crippen molar-refractivity contribution in [1.82, 2.24) is 19.8 Å². The van der Waals surface area contributed by atoms with Gasteiger partial charge in [0, 0.05) is 48.0 Å². The van der Waals surface area contributed by atoms with E-state index in [9.17, 15) is 4.79 Å². The molecule has 1 aromatic heterocycles. The lowest BCUT2D eigenvalue weighted by atomic mass is 10.1. The van der Waals surface area contributed by atoms with Crippen LogP contribution in [0.4, 0.5) is 0 Å². The van der Waals surface area contributed by atoms with Gasteiger partial charge in [0.1, 0.15) is 12.4 Å². The highest BCUT2D eigenvalue weighted by atomic mass is 35.5. The molecule has 1 N–H and O–H groups in total. The zero-order valence-electron chi connectivity index (χ0n) is 19.3. The number of amides is 1. The van der Waals surface area contributed by atoms with Crippen molar-refractivity contribution in [3.05, 3.63) is 65.3 Å². The number of aromatic nitrogens is 2. The molecule has 4 rings (SSSR count). The van der Waals surface area contributed by atoms with E-state index < -0.39 is 0 Å². The lowest BCUT2D eigenvalue weighted by Crippen LogP contribution is -2.37. The smallest absolute Gasteiger partial charge is 0.240 e. The number of imidazole rings is 1. The highest BCUT2D eigenvalue weighted by molar-refractivity contribution is 6.30. The van der Waals surface area contributed by atoms with Crippen LogP contribution in [0.1, 0.15) is 19.4 Å². The molecule has 2 heterocycles. The second-order valence-corrected chi connectivity index (χ2v) is 9.15. The van der Waals surface area contributed by atoms with Crippen LogP contribution in [-0.2, 0) is 22.5 Å². The summed E-state index contributed by atoms with van der Waals surface area (Å²) in [5.74, 6) is 0.679. The molecular formula is C26H31ClN4O2. The molecule has 1 amide bonds. The number of hydrogen-bond donors (Lipinski definition) is 1. The van der Waals surface area contributed by atoms with Gasteiger partial charge >= 0.3 is 0 Å². The Kier molecular flexibility index (Phi) is 7.81. The maximum absolute atomic E-state index is 12.5. The Morgan fingerprint density at radius 1 is 1.12 bits per heavy atom. The fourth-order valence-corrected chi connectivity index (χ4v) is 4.20. The molecule has 2 aromatic carbocycles. The maximum atomic E-state index is 12.5. The van der Waals surface area contributed by atoms with Gasteiger partial charge in [-0.05, 0) is 38.0 Å². The van der Waals surface area contributed by atoms with E-state index in [1.165, 1.54) is 5.56 Å². The van der Waals surface area contributed by atoms with Gasteiger partial charge in [-0.3, -0.25) is 9.69 Å². The Morgan fingerprint density at radius 2 is 1.88 bits per heavy atom. The number of carbonyl (C=O) groups is 1. The van der Waals surface area contributed by atoms with Crippen LogP contribution in [0, 0.1) is 0 Å². The van der Waals surface area contributed by atoms with Gasteiger partial charge in [0.2, 0.25) is 5.91 Å². The molecule has 33 heavy (non-hydrogen) atoms. The number of ether oxygens (including phenoxy) is 1. The number of nitrogens with one attached hydrogen (secondary N) is 1. The maximum Gasteiger partial charge on any atom is 0.240 e. The Labute approximate surface area is 200 Å². The van der Waals surface area contributed by atoms with Gasteiger partial charge in [0.25, 0.3) is 0 Å². The molecule has 0 saturated carbocycles. The molecule has 0 unspecified atom stereocenters. The van der Waals surface area contributed by atoms with E-state index in [1.54, 1.807) is 0 Å². The van der Waals surface area contributed by atoms with Crippen LogP contribution >= 0.6 is 11.6 Å². The van der Waals surface area contributed by atoms with Crippen LogP contribution in [0.3, 0.4) is 0 Å². The van der Waals surface area contributed by atoms with E-state index in [4.69, 9.17) is 21.3 Å². The SMILES string of the molecule is CC(C)NC(=O)Cn1cc(-c2ccc(CCN3CCOCC3)cc2)nc1-c1cccc(Cl)c1. The Balaban J connectivity index is 1.54. The molecule has 0 aliphatic carbocycles. The number of carbonyl (C=O) groups excluding carboxylic acids is 1. The predicted molar refractivity (Wildman–Crippen MR) is 132 cm³/mol. The second kappa shape index (κ2) is 11.0. The summed E-state index contributed by atoms with van der Waals surface area (Å²) in [6.07, 6.45) is 2.96. The van der Waals surface area contributed by atoms with E-state index in [-0.39, 0.29) is 18.5 Å². The first-order valence-electron chi connectivity index (χ1n) is 11.5. The summed E-state index contributed by atoms with van der Waals surface area (Å²) in [6, 6.07) is 16.2. The Hall–Kier alpha value is -2.67. The summed E-state index contributed by atoms with van der Waals surface area (Å²) in [6.45, 7) is 8.81. The van der Waals surface area contributed by atoms with Crippen molar-refractivity contribution < 1.29 is 9.53 Å². The van der Waals surface area contributed by atoms with Crippen molar-refractivity contribution in [3.8, 4) is 22.6 Å². The number of nitrogens with zero attached hydrogens (tertiary/aromatic N) is 3. The van der Waals surface area contributed by atoms with E-state index >= 15 is 0 Å². The fourth-order valence-electron chi connectivity index (χ4n) is 4.01. The molecule has 6 nitrogen and oxygen atoms in total. The van der Waals surface area contributed by atoms with Crippen molar-refractivity contribution in [2.24, 2.45) is 0 Å². The summed E-state index contributed by atoms with van der Waals surface area (Å²) in [7, 11) is 0. The molecule has 174 valence electrons. The largest absolute Gasteiger partial charge is 0.379 e. The lowest BCUT2D eigenvalue weighted by molar-refractivity contribution is -0.122. The highest BCUT2D eigenvalue weighted by Crippen LogP contribution is 2.27. The average molecular weight is 467 g/mol. The third kappa shape index (κ3) is 6.44. The topological polar surface area (TPSA) is 59.4 Å². The monoisotopic (exact) mass is 466 g/mol. The summed E-state index contributed by atoms with van der Waals surface area (Å²) >= 11 is 6.22. The van der Waals surface area contributed by atoms with Gasteiger partial charge in [-0.25, -0.2) is 4.98 Å². The minimum atomic E-state index is -0.0457. The standard InChI is InChI=1S/C26H31ClN4O2/c1-19(2)28-25(32)18-31-17-24(29-26(31)22-4-3-5-23(27)16-22)21-8-6-20(7-9-21)10-11-30-12-14-33-15-13-30/h3-9,16-17,19H,10-15,18H2,1-2H3,(H,28,32). The first kappa shape index (κ1) is 23.5. The average Bonchev–Trinajstić information content (AvgIpc) is 3.22. The molecule has 1 fully saturated rings. The van der Waals surface area contributed by atoms with Gasteiger partial charge in [-0.15, -0.1) is 0 Å². The quantitative estimate of drug-likeness (QED) is 0.538. The first-order valence-corrected chi connectivity index (χ1v) is 11.9. The van der Waals surface area contributed by atoms with Crippen LogP contribution in [0.5, 0.6) is 0 Å². The Bertz CT molecular complexity index is 1070. The van der Waals surface area contributed by atoms with Crippen molar-refractivity contribution >= 4 is 17.5 Å². The number of halogens is 1. The number of morpholine rings is 1.